The molecule has 0 saturated carbocycles. The molecule has 102 valence electrons. The van der Waals surface area contributed by atoms with E-state index in [0.717, 1.165) is 25.1 Å². The van der Waals surface area contributed by atoms with Crippen LogP contribution in [0.25, 0.3) is 0 Å². The molecule has 0 fully saturated rings. The molecule has 0 radical (unpaired) electrons. The lowest BCUT2D eigenvalue weighted by Gasteiger charge is -2.19. The maximum absolute atomic E-state index is 12.4. The van der Waals surface area contributed by atoms with Gasteiger partial charge in [-0.05, 0) is 42.3 Å². The highest BCUT2D eigenvalue weighted by atomic mass is 35.5. The number of fused-ring (bicyclic) bond motifs is 1. The summed E-state index contributed by atoms with van der Waals surface area (Å²) in [6, 6.07) is 9.23. The van der Waals surface area contributed by atoms with E-state index in [-0.39, 0.29) is 5.91 Å². The number of carbonyl (C=O) groups excluding carboxylic acids is 1. The van der Waals surface area contributed by atoms with E-state index in [1.165, 1.54) is 5.56 Å². The summed E-state index contributed by atoms with van der Waals surface area (Å²) in [5, 5.41) is 6.51. The summed E-state index contributed by atoms with van der Waals surface area (Å²) in [6.45, 7) is 1.70. The molecule has 0 spiro atoms. The minimum atomic E-state index is -0.163. The lowest BCUT2D eigenvalue weighted by Crippen LogP contribution is -2.26. The number of pyridine rings is 1. The lowest BCUT2D eigenvalue weighted by atomic mass is 9.95. The van der Waals surface area contributed by atoms with Crippen LogP contribution in [0.2, 0.25) is 5.02 Å². The zero-order valence-corrected chi connectivity index (χ0v) is 11.6. The molecule has 1 aromatic heterocycles. The van der Waals surface area contributed by atoms with E-state index in [0.29, 0.717) is 16.4 Å². The van der Waals surface area contributed by atoms with E-state index in [2.05, 4.69) is 15.6 Å². The second-order valence-corrected chi connectivity index (χ2v) is 5.07. The van der Waals surface area contributed by atoms with Crippen LogP contribution in [0.1, 0.15) is 21.5 Å². The van der Waals surface area contributed by atoms with E-state index in [1.807, 2.05) is 18.2 Å². The van der Waals surface area contributed by atoms with Crippen molar-refractivity contribution in [2.24, 2.45) is 0 Å². The van der Waals surface area contributed by atoms with Crippen LogP contribution in [-0.2, 0) is 13.0 Å². The molecule has 0 unspecified atom stereocenters. The van der Waals surface area contributed by atoms with Crippen molar-refractivity contribution >= 4 is 23.3 Å². The van der Waals surface area contributed by atoms with Gasteiger partial charge in [-0.1, -0.05) is 23.7 Å². The van der Waals surface area contributed by atoms with Gasteiger partial charge in [0.2, 0.25) is 0 Å². The Labute approximate surface area is 122 Å². The predicted molar refractivity (Wildman–Crippen MR) is 79.1 cm³/mol. The molecule has 1 aromatic carbocycles. The van der Waals surface area contributed by atoms with Crippen LogP contribution in [0.4, 0.5) is 5.82 Å². The Balaban J connectivity index is 1.90. The fraction of sp³-hybridized carbons (Fsp3) is 0.200. The first-order valence-corrected chi connectivity index (χ1v) is 6.87. The number of nitrogens with one attached hydrogen (secondary N) is 2. The molecule has 1 amide bonds. The number of benzene rings is 1. The van der Waals surface area contributed by atoms with Gasteiger partial charge in [0, 0.05) is 18.3 Å². The highest BCUT2D eigenvalue weighted by molar-refractivity contribution is 6.33. The Morgan fingerprint density at radius 1 is 1.30 bits per heavy atom. The van der Waals surface area contributed by atoms with Gasteiger partial charge in [-0.15, -0.1) is 0 Å². The standard InChI is InChI=1S/C15H14ClN3O/c16-13-5-2-7-18-14(13)19-15(20)12-4-1-3-10-9-17-8-6-11(10)12/h1-5,7,17H,6,8-9H2,(H,18,19,20). The summed E-state index contributed by atoms with van der Waals surface area (Å²) in [7, 11) is 0. The molecule has 2 heterocycles. The molecule has 0 bridgehead atoms. The van der Waals surface area contributed by atoms with Crippen LogP contribution in [-0.4, -0.2) is 17.4 Å². The number of anilines is 1. The number of hydrogen-bond donors (Lipinski definition) is 2. The summed E-state index contributed by atoms with van der Waals surface area (Å²) in [5.41, 5.74) is 2.98. The number of amides is 1. The number of rotatable bonds is 2. The Hall–Kier alpha value is -1.91. The minimum absolute atomic E-state index is 0.163. The molecular weight excluding hydrogens is 274 g/mol. The van der Waals surface area contributed by atoms with Gasteiger partial charge in [-0.25, -0.2) is 4.98 Å². The summed E-state index contributed by atoms with van der Waals surface area (Å²) in [5.74, 6) is 0.232. The van der Waals surface area contributed by atoms with Crippen molar-refractivity contribution in [3.63, 3.8) is 0 Å². The number of carbonyl (C=O) groups is 1. The molecule has 1 aliphatic rings. The summed E-state index contributed by atoms with van der Waals surface area (Å²) in [6.07, 6.45) is 2.46. The van der Waals surface area contributed by atoms with Crippen LogP contribution in [0.3, 0.4) is 0 Å². The fourth-order valence-corrected chi connectivity index (χ4v) is 2.57. The van der Waals surface area contributed by atoms with Crippen molar-refractivity contribution in [1.82, 2.24) is 10.3 Å². The zero-order chi connectivity index (χ0) is 13.9. The van der Waals surface area contributed by atoms with E-state index in [4.69, 9.17) is 11.6 Å². The van der Waals surface area contributed by atoms with Crippen LogP contribution in [0.15, 0.2) is 36.5 Å². The van der Waals surface area contributed by atoms with E-state index in [9.17, 15) is 4.79 Å². The first-order valence-electron chi connectivity index (χ1n) is 6.49. The van der Waals surface area contributed by atoms with Crippen LogP contribution >= 0.6 is 11.6 Å². The average Bonchev–Trinajstić information content (AvgIpc) is 2.49. The zero-order valence-electron chi connectivity index (χ0n) is 10.8. The van der Waals surface area contributed by atoms with Crippen molar-refractivity contribution in [2.75, 3.05) is 11.9 Å². The van der Waals surface area contributed by atoms with Gasteiger partial charge in [0.25, 0.3) is 5.91 Å². The summed E-state index contributed by atoms with van der Waals surface area (Å²) in [4.78, 5) is 16.5. The first kappa shape index (κ1) is 13.1. The Bertz CT molecular complexity index is 657. The maximum atomic E-state index is 12.4. The van der Waals surface area contributed by atoms with E-state index in [1.54, 1.807) is 18.3 Å². The molecule has 0 atom stereocenters. The normalized spacial score (nSPS) is 13.7. The summed E-state index contributed by atoms with van der Waals surface area (Å²) >= 11 is 6.01. The van der Waals surface area contributed by atoms with Gasteiger partial charge in [-0.3, -0.25) is 4.79 Å². The van der Waals surface area contributed by atoms with Crippen molar-refractivity contribution in [3.8, 4) is 0 Å². The molecule has 4 nitrogen and oxygen atoms in total. The van der Waals surface area contributed by atoms with Crippen LogP contribution in [0.5, 0.6) is 0 Å². The molecule has 3 rings (SSSR count). The Morgan fingerprint density at radius 2 is 2.20 bits per heavy atom. The highest BCUT2D eigenvalue weighted by Crippen LogP contribution is 2.22. The van der Waals surface area contributed by atoms with Crippen molar-refractivity contribution in [2.45, 2.75) is 13.0 Å². The van der Waals surface area contributed by atoms with Gasteiger partial charge in [0.15, 0.2) is 5.82 Å². The maximum Gasteiger partial charge on any atom is 0.257 e. The monoisotopic (exact) mass is 287 g/mol. The smallest absolute Gasteiger partial charge is 0.257 e. The van der Waals surface area contributed by atoms with Gasteiger partial charge in [-0.2, -0.15) is 0 Å². The molecule has 0 aliphatic carbocycles. The van der Waals surface area contributed by atoms with Gasteiger partial charge in [0.05, 0.1) is 5.02 Å². The molecule has 2 N–H and O–H groups in total. The van der Waals surface area contributed by atoms with Gasteiger partial charge >= 0.3 is 0 Å². The number of aromatic nitrogens is 1. The van der Waals surface area contributed by atoms with E-state index >= 15 is 0 Å². The first-order chi connectivity index (χ1) is 9.75. The second-order valence-electron chi connectivity index (χ2n) is 4.66. The number of halogens is 1. The highest BCUT2D eigenvalue weighted by Gasteiger charge is 2.18. The Kier molecular flexibility index (Phi) is 3.67. The van der Waals surface area contributed by atoms with Crippen LogP contribution < -0.4 is 10.6 Å². The third-order valence-corrected chi connectivity index (χ3v) is 3.68. The molecule has 0 saturated heterocycles. The van der Waals surface area contributed by atoms with Crippen LogP contribution in [0, 0.1) is 0 Å². The summed E-state index contributed by atoms with van der Waals surface area (Å²) < 4.78 is 0. The van der Waals surface area contributed by atoms with Crippen molar-refractivity contribution < 1.29 is 4.79 Å². The second kappa shape index (κ2) is 5.61. The third kappa shape index (κ3) is 2.53. The molecule has 20 heavy (non-hydrogen) atoms. The molecule has 5 heteroatoms. The van der Waals surface area contributed by atoms with Gasteiger partial charge < -0.3 is 10.6 Å². The molecule has 1 aliphatic heterocycles. The number of hydrogen-bond acceptors (Lipinski definition) is 3. The molecular formula is C15H14ClN3O. The largest absolute Gasteiger partial charge is 0.312 e. The fourth-order valence-electron chi connectivity index (χ4n) is 2.40. The third-order valence-electron chi connectivity index (χ3n) is 3.38. The van der Waals surface area contributed by atoms with Gasteiger partial charge in [0.1, 0.15) is 0 Å². The van der Waals surface area contributed by atoms with Crippen molar-refractivity contribution in [3.05, 3.63) is 58.2 Å². The SMILES string of the molecule is O=C(Nc1ncccc1Cl)c1cccc2c1CCNC2. The Morgan fingerprint density at radius 3 is 3.05 bits per heavy atom. The average molecular weight is 288 g/mol. The predicted octanol–water partition coefficient (Wildman–Crippen LogP) is 2.63. The number of nitrogens with zero attached hydrogens (tertiary/aromatic N) is 1. The topological polar surface area (TPSA) is 54.0 Å². The van der Waals surface area contributed by atoms with Crippen molar-refractivity contribution in [1.29, 1.82) is 0 Å². The minimum Gasteiger partial charge on any atom is -0.312 e. The quantitative estimate of drug-likeness (QED) is 0.893. The lowest BCUT2D eigenvalue weighted by molar-refractivity contribution is 0.102. The molecule has 2 aromatic rings. The van der Waals surface area contributed by atoms with E-state index < -0.39 is 0 Å².